The number of hydrazone groups is 1. The summed E-state index contributed by atoms with van der Waals surface area (Å²) in [4.78, 5) is 28.7. The second-order valence-corrected chi connectivity index (χ2v) is 10.2. The normalized spacial score (nSPS) is 20.5. The van der Waals surface area contributed by atoms with Crippen LogP contribution in [0.15, 0.2) is 94.9 Å². The van der Waals surface area contributed by atoms with Gasteiger partial charge in [-0.05, 0) is 59.8 Å². The maximum atomic E-state index is 13.9. The first-order chi connectivity index (χ1) is 17.1. The van der Waals surface area contributed by atoms with E-state index in [-0.39, 0.29) is 11.0 Å². The van der Waals surface area contributed by atoms with Gasteiger partial charge in [-0.2, -0.15) is 5.10 Å². The lowest BCUT2D eigenvalue weighted by Crippen LogP contribution is -2.51. The molecule has 0 unspecified atom stereocenters. The number of para-hydroxylation sites is 2. The van der Waals surface area contributed by atoms with Crippen LogP contribution in [0.4, 0.5) is 11.4 Å². The summed E-state index contributed by atoms with van der Waals surface area (Å²) in [5, 5.41) is 6.50. The molecule has 0 aliphatic carbocycles. The summed E-state index contributed by atoms with van der Waals surface area (Å²) in [7, 11) is 2.93. The SMILES string of the molecule is COC(=O)C1=NN(c2ccccc2)[C@]2(S1)S/C(=C/c1ccc(OC)cc1)C(=O)N2c1ccccc1. The van der Waals surface area contributed by atoms with E-state index in [0.29, 0.717) is 10.6 Å². The minimum absolute atomic E-state index is 0.170. The number of benzene rings is 3. The van der Waals surface area contributed by atoms with Gasteiger partial charge in [-0.25, -0.2) is 9.80 Å². The second kappa shape index (κ2) is 9.52. The lowest BCUT2D eigenvalue weighted by Gasteiger charge is -2.38. The number of thioether (sulfide) groups is 2. The highest BCUT2D eigenvalue weighted by Gasteiger charge is 2.60. The molecule has 1 atom stereocenters. The Morgan fingerprint density at radius 3 is 2.11 bits per heavy atom. The standard InChI is InChI=1S/C26H21N3O4S2/c1-32-21-15-13-18(14-16-21)17-22-24(30)28(19-9-5-3-6-10-19)26(34-22)29(20-11-7-4-8-12-20)27-23(35-26)25(31)33-2/h3-17H,1-2H3/b22-17+/t26-/m0/s1. The van der Waals surface area contributed by atoms with Crippen molar-refractivity contribution in [2.75, 3.05) is 24.1 Å². The van der Waals surface area contributed by atoms with Crippen molar-refractivity contribution in [1.29, 1.82) is 0 Å². The van der Waals surface area contributed by atoms with Gasteiger partial charge in [-0.3, -0.25) is 9.69 Å². The largest absolute Gasteiger partial charge is 0.497 e. The van der Waals surface area contributed by atoms with Gasteiger partial charge in [0.2, 0.25) is 9.37 Å². The summed E-state index contributed by atoms with van der Waals surface area (Å²) in [5.41, 5.74) is 2.29. The number of anilines is 2. The molecule has 5 rings (SSSR count). The number of hydrogen-bond donors (Lipinski definition) is 0. The van der Waals surface area contributed by atoms with Crippen LogP contribution in [0.3, 0.4) is 0 Å². The number of carbonyl (C=O) groups is 2. The summed E-state index contributed by atoms with van der Waals surface area (Å²) >= 11 is 2.54. The number of carbonyl (C=O) groups excluding carboxylic acids is 2. The molecule has 0 saturated carbocycles. The predicted octanol–water partition coefficient (Wildman–Crippen LogP) is 5.17. The summed E-state index contributed by atoms with van der Waals surface area (Å²) in [6.45, 7) is 0. The highest BCUT2D eigenvalue weighted by atomic mass is 32.2. The molecule has 2 aliphatic rings. The third kappa shape index (κ3) is 4.17. The molecule has 35 heavy (non-hydrogen) atoms. The maximum Gasteiger partial charge on any atom is 0.365 e. The van der Waals surface area contributed by atoms with Crippen molar-refractivity contribution in [3.05, 3.63) is 95.4 Å². The molecule has 0 N–H and O–H groups in total. The second-order valence-electron chi connectivity index (χ2n) is 7.55. The van der Waals surface area contributed by atoms with E-state index in [4.69, 9.17) is 9.47 Å². The highest BCUT2D eigenvalue weighted by molar-refractivity contribution is 8.29. The van der Waals surface area contributed by atoms with E-state index in [9.17, 15) is 9.59 Å². The number of hydrogen-bond acceptors (Lipinski definition) is 8. The smallest absolute Gasteiger partial charge is 0.365 e. The quantitative estimate of drug-likeness (QED) is 0.351. The fourth-order valence-corrected chi connectivity index (χ4v) is 6.68. The van der Waals surface area contributed by atoms with Crippen LogP contribution in [0.5, 0.6) is 5.75 Å². The summed E-state index contributed by atoms with van der Waals surface area (Å²) < 4.78 is 9.13. The third-order valence-electron chi connectivity index (χ3n) is 5.42. The Balaban J connectivity index is 1.65. The molecule has 1 saturated heterocycles. The molecular weight excluding hydrogens is 482 g/mol. The van der Waals surface area contributed by atoms with Gasteiger partial charge in [0.15, 0.2) is 0 Å². The number of ether oxygens (including phenoxy) is 2. The van der Waals surface area contributed by atoms with Crippen LogP contribution >= 0.6 is 23.5 Å². The van der Waals surface area contributed by atoms with E-state index in [0.717, 1.165) is 17.0 Å². The van der Waals surface area contributed by atoms with Gasteiger partial charge >= 0.3 is 5.97 Å². The average molecular weight is 504 g/mol. The van der Waals surface area contributed by atoms with Crippen molar-refractivity contribution in [3.8, 4) is 5.75 Å². The maximum absolute atomic E-state index is 13.9. The van der Waals surface area contributed by atoms with Crippen LogP contribution in [0.2, 0.25) is 0 Å². The molecule has 2 heterocycles. The topological polar surface area (TPSA) is 71.4 Å². The molecule has 7 nitrogen and oxygen atoms in total. The minimum Gasteiger partial charge on any atom is -0.497 e. The fraction of sp³-hybridized carbons (Fsp3) is 0.115. The van der Waals surface area contributed by atoms with Crippen LogP contribution in [-0.4, -0.2) is 35.5 Å². The van der Waals surface area contributed by atoms with Crippen molar-refractivity contribution < 1.29 is 19.1 Å². The summed E-state index contributed by atoms with van der Waals surface area (Å²) in [5.74, 6) is -0.00845. The van der Waals surface area contributed by atoms with E-state index in [1.54, 1.807) is 17.0 Å². The van der Waals surface area contributed by atoms with Crippen molar-refractivity contribution in [2.24, 2.45) is 5.10 Å². The first-order valence-corrected chi connectivity index (χ1v) is 12.3. The Morgan fingerprint density at radius 2 is 1.51 bits per heavy atom. The van der Waals surface area contributed by atoms with Crippen LogP contribution in [0, 0.1) is 0 Å². The van der Waals surface area contributed by atoms with Crippen LogP contribution < -0.4 is 14.6 Å². The number of esters is 1. The molecule has 1 fully saturated rings. The Morgan fingerprint density at radius 1 is 0.886 bits per heavy atom. The molecule has 3 aromatic carbocycles. The van der Waals surface area contributed by atoms with Gasteiger partial charge < -0.3 is 9.47 Å². The number of methoxy groups -OCH3 is 2. The van der Waals surface area contributed by atoms with E-state index >= 15 is 0 Å². The Labute approximate surface area is 211 Å². The monoisotopic (exact) mass is 503 g/mol. The molecular formula is C26H21N3O4S2. The molecule has 3 aromatic rings. The molecule has 9 heteroatoms. The van der Waals surface area contributed by atoms with Crippen molar-refractivity contribution in [1.82, 2.24) is 0 Å². The van der Waals surface area contributed by atoms with Gasteiger partial charge in [-0.1, -0.05) is 60.3 Å². The van der Waals surface area contributed by atoms with Crippen LogP contribution in [0.1, 0.15) is 5.56 Å². The van der Waals surface area contributed by atoms with Crippen LogP contribution in [0.25, 0.3) is 6.08 Å². The summed E-state index contributed by atoms with van der Waals surface area (Å²) in [6, 6.07) is 26.3. The molecule has 2 aliphatic heterocycles. The Hall–Kier alpha value is -3.69. The average Bonchev–Trinajstić information content (AvgIpc) is 3.41. The fourth-order valence-electron chi connectivity index (χ4n) is 3.78. The molecule has 0 aromatic heterocycles. The minimum atomic E-state index is -1.10. The zero-order valence-corrected chi connectivity index (χ0v) is 20.6. The molecule has 0 radical (unpaired) electrons. The van der Waals surface area contributed by atoms with Gasteiger partial charge in [0.1, 0.15) is 5.75 Å². The van der Waals surface area contributed by atoms with Crippen LogP contribution in [-0.2, 0) is 14.3 Å². The zero-order valence-electron chi connectivity index (χ0n) is 19.0. The lowest BCUT2D eigenvalue weighted by molar-refractivity contribution is -0.132. The molecule has 1 amide bonds. The van der Waals surface area contributed by atoms with Crippen molar-refractivity contribution in [3.63, 3.8) is 0 Å². The highest BCUT2D eigenvalue weighted by Crippen LogP contribution is 2.59. The zero-order chi connectivity index (χ0) is 24.4. The van der Waals surface area contributed by atoms with E-state index in [2.05, 4.69) is 5.10 Å². The van der Waals surface area contributed by atoms with Gasteiger partial charge in [0, 0.05) is 5.69 Å². The van der Waals surface area contributed by atoms with Crippen molar-refractivity contribution >= 4 is 57.9 Å². The first-order valence-electron chi connectivity index (χ1n) is 10.7. The molecule has 1 spiro atoms. The first kappa shape index (κ1) is 23.1. The molecule has 0 bridgehead atoms. The number of amides is 1. The number of nitrogens with zero attached hydrogens (tertiary/aromatic N) is 3. The lowest BCUT2D eigenvalue weighted by atomic mass is 10.2. The number of rotatable bonds is 5. The van der Waals surface area contributed by atoms with Gasteiger partial charge in [0.25, 0.3) is 5.91 Å². The van der Waals surface area contributed by atoms with E-state index < -0.39 is 10.3 Å². The van der Waals surface area contributed by atoms with Gasteiger partial charge in [0.05, 0.1) is 24.8 Å². The van der Waals surface area contributed by atoms with E-state index in [1.165, 1.54) is 30.6 Å². The van der Waals surface area contributed by atoms with E-state index in [1.807, 2.05) is 91.0 Å². The Bertz CT molecular complexity index is 1310. The third-order valence-corrected chi connectivity index (χ3v) is 8.11. The van der Waals surface area contributed by atoms with Gasteiger partial charge in [-0.15, -0.1) is 0 Å². The Kier molecular flexibility index (Phi) is 6.27. The summed E-state index contributed by atoms with van der Waals surface area (Å²) in [6.07, 6.45) is 1.84. The van der Waals surface area contributed by atoms with Crippen molar-refractivity contribution in [2.45, 2.75) is 4.33 Å². The molecule has 176 valence electrons. The predicted molar refractivity (Wildman–Crippen MR) is 141 cm³/mol.